The highest BCUT2D eigenvalue weighted by Crippen LogP contribution is 2.48. The van der Waals surface area contributed by atoms with E-state index in [2.05, 4.69) is 27.7 Å². The Balaban J connectivity index is 2.48. The highest BCUT2D eigenvalue weighted by atomic mass is 16.3. The summed E-state index contributed by atoms with van der Waals surface area (Å²) in [5.41, 5.74) is 2.80. The van der Waals surface area contributed by atoms with Gasteiger partial charge in [0.2, 0.25) is 0 Å². The molecule has 2 aliphatic carbocycles. The molecule has 0 saturated carbocycles. The van der Waals surface area contributed by atoms with Crippen LogP contribution < -0.4 is 0 Å². The monoisotopic (exact) mass is 248 g/mol. The van der Waals surface area contributed by atoms with Crippen LogP contribution in [0, 0.1) is 17.8 Å². The molecular formula is C16H24O2. The van der Waals surface area contributed by atoms with Crippen molar-refractivity contribution < 1.29 is 9.90 Å². The van der Waals surface area contributed by atoms with E-state index in [1.54, 1.807) is 13.0 Å². The molecule has 0 aromatic heterocycles. The molecule has 2 rings (SSSR count). The summed E-state index contributed by atoms with van der Waals surface area (Å²) in [6.45, 7) is 10.3. The Bertz CT molecular complexity index is 438. The fraction of sp³-hybridized carbons (Fsp3) is 0.688. The minimum absolute atomic E-state index is 0.0519. The molecule has 0 amide bonds. The highest BCUT2D eigenvalue weighted by Gasteiger charge is 2.48. The first-order valence-electron chi connectivity index (χ1n) is 6.88. The predicted molar refractivity (Wildman–Crippen MR) is 73.1 cm³/mol. The second-order valence-electron chi connectivity index (χ2n) is 6.49. The average molecular weight is 248 g/mol. The fourth-order valence-corrected chi connectivity index (χ4v) is 3.42. The van der Waals surface area contributed by atoms with Crippen molar-refractivity contribution in [2.75, 3.05) is 0 Å². The maximum Gasteiger partial charge on any atom is 0.187 e. The van der Waals surface area contributed by atoms with Crippen LogP contribution >= 0.6 is 0 Å². The number of carbonyl (C=O) groups excluding carboxylic acids is 1. The van der Waals surface area contributed by atoms with Crippen LogP contribution in [0.25, 0.3) is 0 Å². The first-order chi connectivity index (χ1) is 8.25. The number of carbonyl (C=O) groups is 1. The minimum Gasteiger partial charge on any atom is -0.382 e. The molecule has 18 heavy (non-hydrogen) atoms. The lowest BCUT2D eigenvalue weighted by atomic mass is 9.60. The second kappa shape index (κ2) is 4.34. The molecule has 0 aromatic carbocycles. The van der Waals surface area contributed by atoms with E-state index in [-0.39, 0.29) is 11.7 Å². The first kappa shape index (κ1) is 13.5. The Labute approximate surface area is 110 Å². The fourth-order valence-electron chi connectivity index (χ4n) is 3.42. The topological polar surface area (TPSA) is 37.3 Å². The van der Waals surface area contributed by atoms with Gasteiger partial charge >= 0.3 is 0 Å². The van der Waals surface area contributed by atoms with Gasteiger partial charge in [0.25, 0.3) is 0 Å². The molecule has 0 fully saturated rings. The van der Waals surface area contributed by atoms with Crippen molar-refractivity contribution in [2.24, 2.45) is 17.8 Å². The minimum atomic E-state index is -1.19. The quantitative estimate of drug-likeness (QED) is 0.723. The van der Waals surface area contributed by atoms with Gasteiger partial charge < -0.3 is 5.11 Å². The van der Waals surface area contributed by atoms with Gasteiger partial charge in [-0.3, -0.25) is 4.79 Å². The van der Waals surface area contributed by atoms with E-state index >= 15 is 0 Å². The first-order valence-corrected chi connectivity index (χ1v) is 6.88. The van der Waals surface area contributed by atoms with Crippen LogP contribution in [0.5, 0.6) is 0 Å². The van der Waals surface area contributed by atoms with E-state index in [4.69, 9.17) is 0 Å². The Kier molecular flexibility index (Phi) is 3.26. The van der Waals surface area contributed by atoms with Gasteiger partial charge in [-0.05, 0) is 51.5 Å². The molecule has 100 valence electrons. The molecule has 2 nitrogen and oxygen atoms in total. The van der Waals surface area contributed by atoms with E-state index in [9.17, 15) is 9.90 Å². The highest BCUT2D eigenvalue weighted by molar-refractivity contribution is 5.98. The summed E-state index contributed by atoms with van der Waals surface area (Å²) in [6.07, 6.45) is 3.54. The van der Waals surface area contributed by atoms with Crippen molar-refractivity contribution in [1.29, 1.82) is 0 Å². The van der Waals surface area contributed by atoms with Crippen LogP contribution in [-0.2, 0) is 4.79 Å². The van der Waals surface area contributed by atoms with E-state index in [1.807, 2.05) is 0 Å². The zero-order chi connectivity index (χ0) is 13.7. The van der Waals surface area contributed by atoms with Crippen molar-refractivity contribution in [3.8, 4) is 0 Å². The molecular weight excluding hydrogens is 224 g/mol. The molecule has 0 saturated heterocycles. The molecule has 3 atom stereocenters. The number of allylic oxidation sites excluding steroid dienone is 3. The number of hydrogen-bond donors (Lipinski definition) is 1. The molecule has 1 N–H and O–H groups in total. The van der Waals surface area contributed by atoms with Crippen LogP contribution in [0.1, 0.15) is 47.5 Å². The number of ketones is 1. The largest absolute Gasteiger partial charge is 0.382 e. The Morgan fingerprint density at radius 1 is 1.28 bits per heavy atom. The number of rotatable bonds is 1. The smallest absolute Gasteiger partial charge is 0.187 e. The molecule has 2 aliphatic rings. The lowest BCUT2D eigenvalue weighted by Gasteiger charge is -2.45. The SMILES string of the molecule is CC1=C(C)C[C@H]2[C@@H](C1)C(C(C)C)=CC(=O)[C@@]2(C)O. The van der Waals surface area contributed by atoms with E-state index in [0.717, 1.165) is 12.8 Å². The van der Waals surface area contributed by atoms with Gasteiger partial charge in [0.15, 0.2) is 5.78 Å². The van der Waals surface area contributed by atoms with Crippen molar-refractivity contribution in [3.63, 3.8) is 0 Å². The number of hydrogen-bond acceptors (Lipinski definition) is 2. The summed E-state index contributed by atoms with van der Waals surface area (Å²) in [6, 6.07) is 0. The van der Waals surface area contributed by atoms with Gasteiger partial charge in [0, 0.05) is 5.92 Å². The lowest BCUT2D eigenvalue weighted by molar-refractivity contribution is -0.140. The molecule has 0 aromatic rings. The van der Waals surface area contributed by atoms with Crippen LogP contribution in [0.2, 0.25) is 0 Å². The van der Waals surface area contributed by atoms with Crippen molar-refractivity contribution in [2.45, 2.75) is 53.1 Å². The third-order valence-corrected chi connectivity index (χ3v) is 4.88. The van der Waals surface area contributed by atoms with Crippen LogP contribution in [0.15, 0.2) is 22.8 Å². The molecule has 0 aliphatic heterocycles. The summed E-state index contributed by atoms with van der Waals surface area (Å²) < 4.78 is 0. The number of aliphatic hydroxyl groups is 1. The third kappa shape index (κ3) is 1.97. The Morgan fingerprint density at radius 3 is 2.39 bits per heavy atom. The summed E-state index contributed by atoms with van der Waals surface area (Å²) in [5, 5.41) is 10.5. The van der Waals surface area contributed by atoms with Gasteiger partial charge in [0.1, 0.15) is 5.60 Å². The molecule has 0 unspecified atom stereocenters. The van der Waals surface area contributed by atoms with Crippen LogP contribution in [-0.4, -0.2) is 16.5 Å². The Morgan fingerprint density at radius 2 is 1.83 bits per heavy atom. The zero-order valence-electron chi connectivity index (χ0n) is 12.1. The standard InChI is InChI=1S/C16H24O2/c1-9(2)12-8-15(17)16(5,18)14-7-11(4)10(3)6-13(12)14/h8-9,13-14,18H,6-7H2,1-5H3/t13-,14-,16-/m0/s1. The number of fused-ring (bicyclic) bond motifs is 1. The van der Waals surface area contributed by atoms with Crippen molar-refractivity contribution in [1.82, 2.24) is 0 Å². The summed E-state index contributed by atoms with van der Waals surface area (Å²) in [7, 11) is 0. The molecule has 0 spiro atoms. The normalized spacial score (nSPS) is 36.8. The summed E-state index contributed by atoms with van der Waals surface area (Å²) >= 11 is 0. The van der Waals surface area contributed by atoms with E-state index < -0.39 is 5.60 Å². The van der Waals surface area contributed by atoms with Gasteiger partial charge in [-0.25, -0.2) is 0 Å². The lowest BCUT2D eigenvalue weighted by Crippen LogP contribution is -2.50. The zero-order valence-corrected chi connectivity index (χ0v) is 12.1. The molecule has 0 radical (unpaired) electrons. The maximum absolute atomic E-state index is 12.1. The van der Waals surface area contributed by atoms with Crippen molar-refractivity contribution >= 4 is 5.78 Å². The van der Waals surface area contributed by atoms with Crippen LogP contribution in [0.4, 0.5) is 0 Å². The maximum atomic E-state index is 12.1. The van der Waals surface area contributed by atoms with E-state index in [0.29, 0.717) is 11.8 Å². The van der Waals surface area contributed by atoms with Gasteiger partial charge in [-0.1, -0.05) is 30.6 Å². The van der Waals surface area contributed by atoms with E-state index in [1.165, 1.54) is 16.7 Å². The third-order valence-electron chi connectivity index (χ3n) is 4.88. The second-order valence-corrected chi connectivity index (χ2v) is 6.49. The Hall–Kier alpha value is -0.890. The molecule has 2 heteroatoms. The summed E-state index contributed by atoms with van der Waals surface area (Å²) in [4.78, 5) is 12.1. The van der Waals surface area contributed by atoms with Gasteiger partial charge in [0.05, 0.1) is 0 Å². The van der Waals surface area contributed by atoms with Crippen molar-refractivity contribution in [3.05, 3.63) is 22.8 Å². The molecule has 0 bridgehead atoms. The van der Waals surface area contributed by atoms with Gasteiger partial charge in [-0.2, -0.15) is 0 Å². The van der Waals surface area contributed by atoms with Gasteiger partial charge in [-0.15, -0.1) is 0 Å². The van der Waals surface area contributed by atoms with Crippen LogP contribution in [0.3, 0.4) is 0 Å². The average Bonchev–Trinajstić information content (AvgIpc) is 2.26. The predicted octanol–water partition coefficient (Wildman–Crippen LogP) is 3.27. The molecule has 0 heterocycles. The summed E-state index contributed by atoms with van der Waals surface area (Å²) in [5.74, 6) is 0.654.